The van der Waals surface area contributed by atoms with Gasteiger partial charge >= 0.3 is 5.91 Å². The summed E-state index contributed by atoms with van der Waals surface area (Å²) < 4.78 is 5.36. The van der Waals surface area contributed by atoms with E-state index in [2.05, 4.69) is 10.5 Å². The van der Waals surface area contributed by atoms with Crippen molar-refractivity contribution in [3.8, 4) is 0 Å². The third-order valence-electron chi connectivity index (χ3n) is 3.21. The minimum Gasteiger partial charge on any atom is -0.451 e. The second-order valence-corrected chi connectivity index (χ2v) is 5.22. The number of halogens is 1. The van der Waals surface area contributed by atoms with Gasteiger partial charge in [-0.05, 0) is 18.2 Å². The van der Waals surface area contributed by atoms with Gasteiger partial charge in [-0.25, -0.2) is 5.43 Å². The van der Waals surface area contributed by atoms with E-state index in [-0.39, 0.29) is 11.4 Å². The molecule has 0 atom stereocenters. The van der Waals surface area contributed by atoms with Crippen LogP contribution < -0.4 is 5.43 Å². The first-order chi connectivity index (χ1) is 11.5. The summed E-state index contributed by atoms with van der Waals surface area (Å²) in [5.74, 6) is -0.570. The molecule has 0 aliphatic heterocycles. The van der Waals surface area contributed by atoms with Crippen molar-refractivity contribution >= 4 is 40.4 Å². The summed E-state index contributed by atoms with van der Waals surface area (Å²) in [6.45, 7) is 0. The van der Waals surface area contributed by atoms with Crippen LogP contribution in [0.25, 0.3) is 11.0 Å². The molecule has 0 bridgehead atoms. The number of nitrogens with one attached hydrogen (secondary N) is 1. The zero-order chi connectivity index (χ0) is 17.1. The van der Waals surface area contributed by atoms with Crippen LogP contribution in [0, 0.1) is 10.1 Å². The quantitative estimate of drug-likeness (QED) is 0.443. The van der Waals surface area contributed by atoms with Crippen LogP contribution in [0.2, 0.25) is 5.02 Å². The average Bonchev–Trinajstić information content (AvgIpc) is 2.99. The van der Waals surface area contributed by atoms with Crippen molar-refractivity contribution in [3.63, 3.8) is 0 Å². The molecule has 0 radical (unpaired) electrons. The topological polar surface area (TPSA) is 97.7 Å². The third-order valence-corrected chi connectivity index (χ3v) is 3.55. The van der Waals surface area contributed by atoms with Gasteiger partial charge in [0, 0.05) is 28.1 Å². The van der Waals surface area contributed by atoms with Gasteiger partial charge in [-0.1, -0.05) is 29.8 Å². The molecule has 2 aromatic carbocycles. The summed E-state index contributed by atoms with van der Waals surface area (Å²) in [4.78, 5) is 22.3. The fraction of sp³-hybridized carbons (Fsp3) is 0. The zero-order valence-electron chi connectivity index (χ0n) is 12.1. The number of nitro benzene ring substituents is 1. The van der Waals surface area contributed by atoms with E-state index in [9.17, 15) is 14.9 Å². The van der Waals surface area contributed by atoms with Crippen LogP contribution in [-0.2, 0) is 0 Å². The molecular formula is C16H10ClN3O4. The summed E-state index contributed by atoms with van der Waals surface area (Å²) >= 11 is 5.97. The Kier molecular flexibility index (Phi) is 4.26. The van der Waals surface area contributed by atoms with Crippen LogP contribution in [0.15, 0.2) is 58.0 Å². The minimum atomic E-state index is -0.572. The van der Waals surface area contributed by atoms with E-state index in [1.54, 1.807) is 24.3 Å². The molecule has 0 aliphatic carbocycles. The largest absolute Gasteiger partial charge is 0.451 e. The fourth-order valence-corrected chi connectivity index (χ4v) is 2.24. The summed E-state index contributed by atoms with van der Waals surface area (Å²) in [6.07, 6.45) is 1.41. The molecule has 120 valence electrons. The highest BCUT2D eigenvalue weighted by Gasteiger charge is 2.14. The van der Waals surface area contributed by atoms with E-state index in [1.807, 2.05) is 0 Å². The van der Waals surface area contributed by atoms with Gasteiger partial charge in [0.25, 0.3) is 5.69 Å². The summed E-state index contributed by atoms with van der Waals surface area (Å²) in [5.41, 5.74) is 3.27. The standard InChI is InChI=1S/C16H10ClN3O4/c17-13-4-2-1-3-10(13)9-18-19-16(21)15-8-11-7-12(20(22)23)5-6-14(11)24-15/h1-9H,(H,19,21)/b18-9-. The molecule has 24 heavy (non-hydrogen) atoms. The maximum atomic E-state index is 12.0. The van der Waals surface area contributed by atoms with E-state index in [4.69, 9.17) is 16.0 Å². The van der Waals surface area contributed by atoms with Gasteiger partial charge in [-0.3, -0.25) is 14.9 Å². The minimum absolute atomic E-state index is 0.00167. The molecule has 0 saturated heterocycles. The number of rotatable bonds is 4. The Hall–Kier alpha value is -3.19. The third kappa shape index (κ3) is 3.26. The number of benzene rings is 2. The molecule has 1 N–H and O–H groups in total. The normalized spacial score (nSPS) is 11.0. The van der Waals surface area contributed by atoms with Gasteiger partial charge in [-0.2, -0.15) is 5.10 Å². The SMILES string of the molecule is O=C(N/N=C\c1ccccc1Cl)c1cc2cc([N+](=O)[O-])ccc2o1. The summed E-state index contributed by atoms with van der Waals surface area (Å²) in [5, 5.41) is 15.5. The van der Waals surface area contributed by atoms with E-state index >= 15 is 0 Å². The monoisotopic (exact) mass is 343 g/mol. The smallest absolute Gasteiger partial charge is 0.307 e. The predicted molar refractivity (Wildman–Crippen MR) is 89.4 cm³/mol. The Morgan fingerprint density at radius 2 is 2.04 bits per heavy atom. The van der Waals surface area contributed by atoms with Crippen molar-refractivity contribution in [1.29, 1.82) is 0 Å². The summed E-state index contributed by atoms with van der Waals surface area (Å²) in [7, 11) is 0. The summed E-state index contributed by atoms with van der Waals surface area (Å²) in [6, 6.07) is 12.5. The first-order valence-corrected chi connectivity index (χ1v) is 7.18. The molecule has 0 fully saturated rings. The molecule has 1 aromatic heterocycles. The van der Waals surface area contributed by atoms with E-state index < -0.39 is 10.8 Å². The maximum Gasteiger partial charge on any atom is 0.307 e. The molecule has 8 heteroatoms. The first-order valence-electron chi connectivity index (χ1n) is 6.80. The van der Waals surface area contributed by atoms with Crippen LogP contribution in [0.3, 0.4) is 0 Å². The number of carbonyl (C=O) groups excluding carboxylic acids is 1. The number of amides is 1. The Morgan fingerprint density at radius 3 is 2.79 bits per heavy atom. The average molecular weight is 344 g/mol. The maximum absolute atomic E-state index is 12.0. The van der Waals surface area contributed by atoms with Crippen LogP contribution in [0.5, 0.6) is 0 Å². The lowest BCUT2D eigenvalue weighted by Crippen LogP contribution is -2.16. The van der Waals surface area contributed by atoms with Gasteiger partial charge in [0.2, 0.25) is 0 Å². The van der Waals surface area contributed by atoms with E-state index in [1.165, 1.54) is 30.5 Å². The molecule has 3 rings (SSSR count). The lowest BCUT2D eigenvalue weighted by atomic mass is 10.2. The number of furan rings is 1. The molecule has 0 spiro atoms. The Labute approximate surface area is 140 Å². The van der Waals surface area contributed by atoms with Crippen molar-refractivity contribution in [2.24, 2.45) is 5.10 Å². The molecule has 3 aromatic rings. The second-order valence-electron chi connectivity index (χ2n) is 4.81. The molecule has 1 amide bonds. The Morgan fingerprint density at radius 1 is 1.25 bits per heavy atom. The van der Waals surface area contributed by atoms with Crippen molar-refractivity contribution in [1.82, 2.24) is 5.43 Å². The molecular weight excluding hydrogens is 334 g/mol. The molecule has 1 heterocycles. The molecule has 0 unspecified atom stereocenters. The van der Waals surface area contributed by atoms with Gasteiger partial charge < -0.3 is 4.42 Å². The second kappa shape index (κ2) is 6.51. The highest BCUT2D eigenvalue weighted by atomic mass is 35.5. The predicted octanol–water partition coefficient (Wildman–Crippen LogP) is 3.76. The molecule has 0 saturated carbocycles. The van der Waals surface area contributed by atoms with Crippen molar-refractivity contribution in [2.45, 2.75) is 0 Å². The lowest BCUT2D eigenvalue weighted by molar-refractivity contribution is -0.384. The number of hydrogen-bond donors (Lipinski definition) is 1. The Bertz CT molecular complexity index is 965. The molecule has 0 aliphatic rings. The Balaban J connectivity index is 1.76. The van der Waals surface area contributed by atoms with Crippen LogP contribution in [-0.4, -0.2) is 17.0 Å². The number of nitrogens with zero attached hydrogens (tertiary/aromatic N) is 2. The van der Waals surface area contributed by atoms with Crippen LogP contribution in [0.4, 0.5) is 5.69 Å². The van der Waals surface area contributed by atoms with Crippen molar-refractivity contribution < 1.29 is 14.1 Å². The van der Waals surface area contributed by atoms with E-state index in [0.717, 1.165) is 0 Å². The fourth-order valence-electron chi connectivity index (χ4n) is 2.05. The number of nitro groups is 1. The zero-order valence-corrected chi connectivity index (χ0v) is 12.9. The lowest BCUT2D eigenvalue weighted by Gasteiger charge is -1.97. The van der Waals surface area contributed by atoms with Crippen molar-refractivity contribution in [3.05, 3.63) is 75.0 Å². The number of hydrazone groups is 1. The van der Waals surface area contributed by atoms with Gasteiger partial charge in [0.15, 0.2) is 5.76 Å². The van der Waals surface area contributed by atoms with Crippen LogP contribution in [0.1, 0.15) is 16.1 Å². The van der Waals surface area contributed by atoms with E-state index in [0.29, 0.717) is 21.6 Å². The van der Waals surface area contributed by atoms with Gasteiger partial charge in [-0.15, -0.1) is 0 Å². The van der Waals surface area contributed by atoms with Gasteiger partial charge in [0.1, 0.15) is 5.58 Å². The van der Waals surface area contributed by atoms with Gasteiger partial charge in [0.05, 0.1) is 11.1 Å². The number of fused-ring (bicyclic) bond motifs is 1. The number of non-ortho nitro benzene ring substituents is 1. The number of carbonyl (C=O) groups is 1. The highest BCUT2D eigenvalue weighted by Crippen LogP contribution is 2.24. The van der Waals surface area contributed by atoms with Crippen molar-refractivity contribution in [2.75, 3.05) is 0 Å². The first kappa shape index (κ1) is 15.7. The molecule has 7 nitrogen and oxygen atoms in total. The number of hydrogen-bond acceptors (Lipinski definition) is 5. The van der Waals surface area contributed by atoms with Crippen LogP contribution >= 0.6 is 11.6 Å². The highest BCUT2D eigenvalue weighted by molar-refractivity contribution is 6.33.